The number of fused-ring (bicyclic) bond motifs is 1. The van der Waals surface area contributed by atoms with Crippen LogP contribution in [-0.2, 0) is 6.42 Å². The van der Waals surface area contributed by atoms with Gasteiger partial charge in [-0.05, 0) is 24.3 Å². The molecule has 10 nitrogen and oxygen atoms in total. The summed E-state index contributed by atoms with van der Waals surface area (Å²) in [5.41, 5.74) is 12.0. The van der Waals surface area contributed by atoms with Crippen molar-refractivity contribution in [2.24, 2.45) is 0 Å². The summed E-state index contributed by atoms with van der Waals surface area (Å²) < 4.78 is 48.1. The minimum absolute atomic E-state index is 0.103. The molecule has 0 atom stereocenters. The first-order valence-electron chi connectivity index (χ1n) is 9.08. The number of pyridine rings is 1. The molecule has 0 radical (unpaired) electrons. The van der Waals surface area contributed by atoms with Gasteiger partial charge in [0.25, 0.3) is 5.95 Å². The van der Waals surface area contributed by atoms with Crippen molar-refractivity contribution in [1.29, 1.82) is 0 Å². The second-order valence-corrected chi connectivity index (χ2v) is 6.49. The Hall–Kier alpha value is -4.42. The lowest BCUT2D eigenvalue weighted by atomic mass is 10.1. The minimum Gasteiger partial charge on any atom is -0.402 e. The van der Waals surface area contributed by atoms with Crippen LogP contribution in [0.1, 0.15) is 11.3 Å². The van der Waals surface area contributed by atoms with E-state index in [-0.39, 0.29) is 34.5 Å². The van der Waals surface area contributed by atoms with Gasteiger partial charge in [-0.2, -0.15) is 19.7 Å². The number of hydrogen-bond donors (Lipinski definition) is 3. The van der Waals surface area contributed by atoms with E-state index in [4.69, 9.17) is 16.2 Å². The fraction of sp³-hybridized carbons (Fsp3) is 0.105. The van der Waals surface area contributed by atoms with Crippen molar-refractivity contribution in [3.63, 3.8) is 0 Å². The van der Waals surface area contributed by atoms with Crippen LogP contribution < -0.4 is 21.5 Å². The third-order valence-electron chi connectivity index (χ3n) is 4.49. The van der Waals surface area contributed by atoms with Crippen LogP contribution in [0, 0.1) is 17.5 Å². The van der Waals surface area contributed by atoms with Crippen LogP contribution in [0.5, 0.6) is 5.75 Å². The van der Waals surface area contributed by atoms with Crippen LogP contribution in [0.25, 0.3) is 17.0 Å². The third-order valence-corrected chi connectivity index (χ3v) is 4.49. The Morgan fingerprint density at radius 2 is 1.81 bits per heavy atom. The quantitative estimate of drug-likeness (QED) is 0.406. The third kappa shape index (κ3) is 3.59. The number of halogens is 3. The number of nitrogens with two attached hydrogens (primary N) is 2. The Balaban J connectivity index is 1.83. The minimum atomic E-state index is -1.32. The molecule has 1 amide bonds. The molecule has 0 aliphatic rings. The van der Waals surface area contributed by atoms with Crippen LogP contribution in [0.15, 0.2) is 30.5 Å². The van der Waals surface area contributed by atoms with E-state index < -0.39 is 35.5 Å². The summed E-state index contributed by atoms with van der Waals surface area (Å²) in [5, 5.41) is 6.53. The molecule has 0 bridgehead atoms. The molecule has 0 aliphatic heterocycles. The molecule has 0 saturated carbocycles. The van der Waals surface area contributed by atoms with Gasteiger partial charge in [0.05, 0.1) is 11.2 Å². The second kappa shape index (κ2) is 8.02. The van der Waals surface area contributed by atoms with Gasteiger partial charge in [-0.3, -0.25) is 4.98 Å². The van der Waals surface area contributed by atoms with E-state index in [1.165, 1.54) is 17.9 Å². The van der Waals surface area contributed by atoms with E-state index in [1.54, 1.807) is 12.1 Å². The predicted molar refractivity (Wildman–Crippen MR) is 107 cm³/mol. The Labute approximate surface area is 178 Å². The standard InChI is InChI=1S/C19H15F3N8O2/c1-25-19(31)32-15-16(23)27-18(28-17(15)24)30-12-3-2-6-26-14(12)11(29-30)7-8-9(20)4-5-10(21)13(8)22/h2-6H,7H2,1H3,(H,25,31)(H4,23,24,27,28). The normalized spacial score (nSPS) is 11.0. The summed E-state index contributed by atoms with van der Waals surface area (Å²) in [6, 6.07) is 4.74. The molecule has 32 heavy (non-hydrogen) atoms. The fourth-order valence-corrected chi connectivity index (χ4v) is 3.00. The largest absolute Gasteiger partial charge is 0.412 e. The number of amides is 1. The number of rotatable bonds is 4. The SMILES string of the molecule is CNC(=O)Oc1c(N)nc(-n2nc(Cc3c(F)ccc(F)c3F)c3ncccc32)nc1N. The Morgan fingerprint density at radius 1 is 1.12 bits per heavy atom. The highest BCUT2D eigenvalue weighted by atomic mass is 19.2. The Bertz CT molecular complexity index is 1340. The monoisotopic (exact) mass is 444 g/mol. The molecular weight excluding hydrogens is 429 g/mol. The van der Waals surface area contributed by atoms with Gasteiger partial charge in [-0.1, -0.05) is 0 Å². The van der Waals surface area contributed by atoms with Crippen molar-refractivity contribution in [2.45, 2.75) is 6.42 Å². The van der Waals surface area contributed by atoms with Crippen LogP contribution in [0.2, 0.25) is 0 Å². The van der Waals surface area contributed by atoms with E-state index in [1.807, 2.05) is 0 Å². The highest BCUT2D eigenvalue weighted by Crippen LogP contribution is 2.29. The molecule has 4 rings (SSSR count). The number of benzene rings is 1. The molecule has 4 aromatic rings. The molecule has 3 aromatic heterocycles. The van der Waals surface area contributed by atoms with Gasteiger partial charge in [0.2, 0.25) is 5.75 Å². The maximum absolute atomic E-state index is 14.2. The molecule has 5 N–H and O–H groups in total. The Morgan fingerprint density at radius 3 is 2.50 bits per heavy atom. The molecular formula is C19H15F3N8O2. The first kappa shape index (κ1) is 20.8. The van der Waals surface area contributed by atoms with Gasteiger partial charge < -0.3 is 21.5 Å². The van der Waals surface area contributed by atoms with E-state index in [2.05, 4.69) is 25.4 Å². The summed E-state index contributed by atoms with van der Waals surface area (Å²) in [6.07, 6.45) is 0.244. The molecule has 0 spiro atoms. The number of nitrogen functional groups attached to an aromatic ring is 2. The van der Waals surface area contributed by atoms with E-state index >= 15 is 0 Å². The van der Waals surface area contributed by atoms with Gasteiger partial charge in [-0.25, -0.2) is 18.0 Å². The Kier molecular flexibility index (Phi) is 5.22. The van der Waals surface area contributed by atoms with Crippen LogP contribution in [0.3, 0.4) is 0 Å². The fourth-order valence-electron chi connectivity index (χ4n) is 3.00. The number of ether oxygens (including phenoxy) is 1. The molecule has 1 aromatic carbocycles. The number of nitrogens with zero attached hydrogens (tertiary/aromatic N) is 5. The lowest BCUT2D eigenvalue weighted by molar-refractivity contribution is 0.203. The van der Waals surface area contributed by atoms with Crippen molar-refractivity contribution in [3.8, 4) is 11.7 Å². The zero-order valence-corrected chi connectivity index (χ0v) is 16.4. The van der Waals surface area contributed by atoms with Crippen LogP contribution >= 0.6 is 0 Å². The van der Waals surface area contributed by atoms with Gasteiger partial charge in [0, 0.05) is 25.2 Å². The summed E-state index contributed by atoms with van der Waals surface area (Å²) in [4.78, 5) is 23.8. The van der Waals surface area contributed by atoms with E-state index in [9.17, 15) is 18.0 Å². The zero-order valence-electron chi connectivity index (χ0n) is 16.4. The molecule has 164 valence electrons. The van der Waals surface area contributed by atoms with Gasteiger partial charge >= 0.3 is 6.09 Å². The molecule has 3 heterocycles. The number of hydrogen-bond acceptors (Lipinski definition) is 8. The topological polar surface area (TPSA) is 147 Å². The average Bonchev–Trinajstić information content (AvgIpc) is 3.14. The number of aromatic nitrogens is 5. The summed E-state index contributed by atoms with van der Waals surface area (Å²) >= 11 is 0. The summed E-state index contributed by atoms with van der Waals surface area (Å²) in [6.45, 7) is 0. The smallest absolute Gasteiger partial charge is 0.402 e. The first-order valence-corrected chi connectivity index (χ1v) is 9.08. The van der Waals surface area contributed by atoms with Crippen molar-refractivity contribution in [1.82, 2.24) is 30.0 Å². The molecule has 0 aliphatic carbocycles. The number of anilines is 2. The maximum atomic E-state index is 14.2. The van der Waals surface area contributed by atoms with Gasteiger partial charge in [0.15, 0.2) is 23.3 Å². The van der Waals surface area contributed by atoms with Gasteiger partial charge in [-0.15, -0.1) is 0 Å². The molecule has 0 saturated heterocycles. The molecule has 0 fully saturated rings. The lowest BCUT2D eigenvalue weighted by Gasteiger charge is -2.10. The maximum Gasteiger partial charge on any atom is 0.412 e. The van der Waals surface area contributed by atoms with Gasteiger partial charge in [0.1, 0.15) is 11.3 Å². The highest BCUT2D eigenvalue weighted by molar-refractivity contribution is 5.80. The first-order chi connectivity index (χ1) is 15.3. The van der Waals surface area contributed by atoms with Crippen molar-refractivity contribution in [3.05, 3.63) is 59.2 Å². The van der Waals surface area contributed by atoms with Crippen molar-refractivity contribution in [2.75, 3.05) is 18.5 Å². The number of nitrogens with one attached hydrogen (secondary N) is 1. The lowest BCUT2D eigenvalue weighted by Crippen LogP contribution is -2.24. The summed E-state index contributed by atoms with van der Waals surface area (Å²) in [5.74, 6) is -4.26. The summed E-state index contributed by atoms with van der Waals surface area (Å²) in [7, 11) is 1.35. The average molecular weight is 444 g/mol. The number of carbonyl (C=O) groups is 1. The van der Waals surface area contributed by atoms with Crippen molar-refractivity contribution < 1.29 is 22.7 Å². The predicted octanol–water partition coefficient (Wildman–Crippen LogP) is 2.10. The van der Waals surface area contributed by atoms with E-state index in [0.29, 0.717) is 11.6 Å². The molecule has 13 heteroatoms. The molecule has 0 unspecified atom stereocenters. The van der Waals surface area contributed by atoms with Crippen molar-refractivity contribution >= 4 is 28.8 Å². The highest BCUT2D eigenvalue weighted by Gasteiger charge is 2.22. The van der Waals surface area contributed by atoms with Crippen LogP contribution in [0.4, 0.5) is 29.6 Å². The number of carbonyl (C=O) groups excluding carboxylic acids is 1. The zero-order chi connectivity index (χ0) is 23.0. The van der Waals surface area contributed by atoms with Crippen LogP contribution in [-0.4, -0.2) is 37.9 Å². The van der Waals surface area contributed by atoms with E-state index in [0.717, 1.165) is 6.07 Å². The second-order valence-electron chi connectivity index (χ2n) is 6.49.